The molecule has 0 bridgehead atoms. The van der Waals surface area contributed by atoms with Crippen LogP contribution in [0.25, 0.3) is 10.9 Å². The fraction of sp³-hybridized carbons (Fsp3) is 0.333. The molecule has 5 nitrogen and oxygen atoms in total. The summed E-state index contributed by atoms with van der Waals surface area (Å²) in [6.45, 7) is 5.67. The third kappa shape index (κ3) is 6.71. The van der Waals surface area contributed by atoms with E-state index in [4.69, 9.17) is 23.2 Å². The Kier molecular flexibility index (Phi) is 8.82. The van der Waals surface area contributed by atoms with Gasteiger partial charge < -0.3 is 14.8 Å². The van der Waals surface area contributed by atoms with Crippen molar-refractivity contribution in [3.8, 4) is 0 Å². The Morgan fingerprint density at radius 3 is 2.45 bits per heavy atom. The average molecular weight is 577 g/mol. The van der Waals surface area contributed by atoms with Crippen LogP contribution in [0.5, 0.6) is 0 Å². The number of rotatable bonds is 11. The lowest BCUT2D eigenvalue weighted by atomic mass is 10.1. The lowest BCUT2D eigenvalue weighted by Crippen LogP contribution is -2.45. The molecule has 1 N–H and O–H groups in total. The average Bonchev–Trinajstić information content (AvgIpc) is 3.65. The van der Waals surface area contributed by atoms with Gasteiger partial charge in [0.1, 0.15) is 0 Å². The first kappa shape index (κ1) is 28.3. The molecule has 0 spiro atoms. The first-order valence-electron chi connectivity index (χ1n) is 13.9. The highest BCUT2D eigenvalue weighted by Gasteiger charge is 2.46. The van der Waals surface area contributed by atoms with Crippen LogP contribution in [-0.2, 0) is 22.6 Å². The SMILES string of the molecule is CC(C)CN(CC(=O)N(CCc1c[nH]c2ccccc12)Cc1ccc(Cl)c(Cl)c1)C(=O)C1C[C@H]1c1ccccc1. The molecule has 2 amide bonds. The number of halogens is 2. The van der Waals surface area contributed by atoms with E-state index in [2.05, 4.69) is 37.0 Å². The van der Waals surface area contributed by atoms with Crippen molar-refractivity contribution in [1.82, 2.24) is 14.8 Å². The summed E-state index contributed by atoms with van der Waals surface area (Å²) in [6, 6.07) is 23.8. The van der Waals surface area contributed by atoms with E-state index in [1.807, 2.05) is 59.6 Å². The number of carbonyl (C=O) groups is 2. The molecule has 1 saturated carbocycles. The van der Waals surface area contributed by atoms with Gasteiger partial charge in [-0.1, -0.05) is 91.6 Å². The van der Waals surface area contributed by atoms with Crippen molar-refractivity contribution >= 4 is 45.9 Å². The number of fused-ring (bicyclic) bond motifs is 1. The maximum Gasteiger partial charge on any atom is 0.242 e. The summed E-state index contributed by atoms with van der Waals surface area (Å²) in [5.74, 6) is 0.413. The Balaban J connectivity index is 1.33. The molecule has 4 aromatic rings. The van der Waals surface area contributed by atoms with Gasteiger partial charge in [-0.15, -0.1) is 0 Å². The van der Waals surface area contributed by atoms with Crippen LogP contribution in [0.15, 0.2) is 79.0 Å². The molecule has 1 aliphatic carbocycles. The zero-order valence-electron chi connectivity index (χ0n) is 22.9. The fourth-order valence-corrected chi connectivity index (χ4v) is 5.77. The lowest BCUT2D eigenvalue weighted by Gasteiger charge is -2.29. The van der Waals surface area contributed by atoms with Crippen LogP contribution in [0.1, 0.15) is 42.9 Å². The highest BCUT2D eigenvalue weighted by molar-refractivity contribution is 6.42. The van der Waals surface area contributed by atoms with Crippen LogP contribution < -0.4 is 0 Å². The van der Waals surface area contributed by atoms with Crippen LogP contribution in [0.3, 0.4) is 0 Å². The summed E-state index contributed by atoms with van der Waals surface area (Å²) in [5, 5.41) is 2.09. The van der Waals surface area contributed by atoms with Crippen LogP contribution in [0.2, 0.25) is 10.0 Å². The van der Waals surface area contributed by atoms with Crippen molar-refractivity contribution in [3.63, 3.8) is 0 Å². The van der Waals surface area contributed by atoms with Crippen molar-refractivity contribution in [2.24, 2.45) is 11.8 Å². The topological polar surface area (TPSA) is 56.4 Å². The van der Waals surface area contributed by atoms with Gasteiger partial charge in [-0.3, -0.25) is 9.59 Å². The smallest absolute Gasteiger partial charge is 0.242 e. The molecule has 2 atom stereocenters. The predicted octanol–water partition coefficient (Wildman–Crippen LogP) is 7.33. The third-order valence-corrected chi connectivity index (χ3v) is 8.33. The van der Waals surface area contributed by atoms with Crippen molar-refractivity contribution in [2.75, 3.05) is 19.6 Å². The molecule has 0 aliphatic heterocycles. The summed E-state index contributed by atoms with van der Waals surface area (Å²) < 4.78 is 0. The van der Waals surface area contributed by atoms with E-state index in [1.165, 1.54) is 5.56 Å². The normalized spacial score (nSPS) is 16.3. The Labute approximate surface area is 246 Å². The van der Waals surface area contributed by atoms with Gasteiger partial charge in [0, 0.05) is 42.7 Å². The number of hydrogen-bond acceptors (Lipinski definition) is 2. The second-order valence-corrected chi connectivity index (χ2v) is 12.0. The maximum absolute atomic E-state index is 13.9. The second kappa shape index (κ2) is 12.5. The van der Waals surface area contributed by atoms with Crippen molar-refractivity contribution in [3.05, 3.63) is 106 Å². The molecule has 3 aromatic carbocycles. The Hall–Kier alpha value is -3.28. The highest BCUT2D eigenvalue weighted by Crippen LogP contribution is 2.48. The summed E-state index contributed by atoms with van der Waals surface area (Å²) in [6.07, 6.45) is 3.53. The second-order valence-electron chi connectivity index (χ2n) is 11.1. The number of nitrogens with zero attached hydrogens (tertiary/aromatic N) is 2. The van der Waals surface area contributed by atoms with Crippen molar-refractivity contribution < 1.29 is 9.59 Å². The van der Waals surface area contributed by atoms with Gasteiger partial charge in [0.25, 0.3) is 0 Å². The quantitative estimate of drug-likeness (QED) is 0.203. The molecule has 1 heterocycles. The van der Waals surface area contributed by atoms with Crippen molar-refractivity contribution in [2.45, 2.75) is 39.2 Å². The highest BCUT2D eigenvalue weighted by atomic mass is 35.5. The first-order chi connectivity index (χ1) is 19.3. The Morgan fingerprint density at radius 2 is 1.70 bits per heavy atom. The van der Waals surface area contributed by atoms with Gasteiger partial charge in [0.15, 0.2) is 0 Å². The zero-order chi connectivity index (χ0) is 28.2. The van der Waals surface area contributed by atoms with E-state index < -0.39 is 0 Å². The standard InChI is InChI=1S/C33H35Cl2N3O2/c1-22(2)19-38(33(40)28-17-27(28)24-8-4-3-5-9-24)21-32(39)37(20-23-12-13-29(34)30(35)16-23)15-14-25-18-36-31-11-7-6-10-26(25)31/h3-13,16,18,22,27-28,36H,14-15,17,19-21H2,1-2H3/t27-,28?/m0/s1. The van der Waals surface area contributed by atoms with Crippen molar-refractivity contribution in [1.29, 1.82) is 0 Å². The number of nitrogens with one attached hydrogen (secondary N) is 1. The number of aromatic nitrogens is 1. The molecule has 0 radical (unpaired) electrons. The summed E-state index contributed by atoms with van der Waals surface area (Å²) in [7, 11) is 0. The minimum absolute atomic E-state index is 0.0598. The molecule has 208 valence electrons. The number of H-pyrrole nitrogens is 1. The lowest BCUT2D eigenvalue weighted by molar-refractivity contribution is -0.142. The molecular weight excluding hydrogens is 541 g/mol. The largest absolute Gasteiger partial charge is 0.361 e. The molecule has 1 aromatic heterocycles. The Morgan fingerprint density at radius 1 is 0.950 bits per heavy atom. The molecule has 1 unspecified atom stereocenters. The first-order valence-corrected chi connectivity index (χ1v) is 14.7. The van der Waals surface area contributed by atoms with E-state index in [0.717, 1.165) is 28.5 Å². The van der Waals surface area contributed by atoms with Gasteiger partial charge >= 0.3 is 0 Å². The van der Waals surface area contributed by atoms with E-state index in [-0.39, 0.29) is 36.1 Å². The molecular formula is C33H35Cl2N3O2. The van der Waals surface area contributed by atoms with Gasteiger partial charge in [0.2, 0.25) is 11.8 Å². The third-order valence-electron chi connectivity index (χ3n) is 7.59. The molecule has 7 heteroatoms. The zero-order valence-corrected chi connectivity index (χ0v) is 24.5. The summed E-state index contributed by atoms with van der Waals surface area (Å²) >= 11 is 12.4. The van der Waals surface area contributed by atoms with Gasteiger partial charge in [-0.25, -0.2) is 0 Å². The number of carbonyl (C=O) groups excluding carboxylic acids is 2. The minimum atomic E-state index is -0.0724. The molecule has 1 fully saturated rings. The molecule has 0 saturated heterocycles. The molecule has 1 aliphatic rings. The van der Waals surface area contributed by atoms with Gasteiger partial charge in [0.05, 0.1) is 16.6 Å². The van der Waals surface area contributed by atoms with E-state index in [0.29, 0.717) is 36.1 Å². The number of para-hydroxylation sites is 1. The maximum atomic E-state index is 13.9. The fourth-order valence-electron chi connectivity index (χ4n) is 5.45. The molecule has 40 heavy (non-hydrogen) atoms. The number of amides is 2. The van der Waals surface area contributed by atoms with Gasteiger partial charge in [-0.05, 0) is 59.6 Å². The monoisotopic (exact) mass is 575 g/mol. The Bertz CT molecular complexity index is 1480. The number of aromatic amines is 1. The number of hydrogen-bond donors (Lipinski definition) is 1. The van der Waals surface area contributed by atoms with Crippen LogP contribution >= 0.6 is 23.2 Å². The van der Waals surface area contributed by atoms with E-state index >= 15 is 0 Å². The van der Waals surface area contributed by atoms with E-state index in [9.17, 15) is 9.59 Å². The van der Waals surface area contributed by atoms with Crippen LogP contribution in [0, 0.1) is 11.8 Å². The van der Waals surface area contributed by atoms with E-state index in [1.54, 1.807) is 11.0 Å². The minimum Gasteiger partial charge on any atom is -0.361 e. The number of benzene rings is 3. The van der Waals surface area contributed by atoms with Crippen LogP contribution in [-0.4, -0.2) is 46.2 Å². The van der Waals surface area contributed by atoms with Crippen LogP contribution in [0.4, 0.5) is 0 Å². The molecule has 5 rings (SSSR count). The predicted molar refractivity (Wildman–Crippen MR) is 163 cm³/mol. The summed E-state index contributed by atoms with van der Waals surface area (Å²) in [4.78, 5) is 34.4. The van der Waals surface area contributed by atoms with Gasteiger partial charge in [-0.2, -0.15) is 0 Å². The summed E-state index contributed by atoms with van der Waals surface area (Å²) in [5.41, 5.74) is 4.32.